The molecule has 4 nitrogen and oxygen atoms in total. The molecule has 0 aromatic heterocycles. The van der Waals surface area contributed by atoms with Crippen LogP contribution in [-0.4, -0.2) is 9.97 Å². The Morgan fingerprint density at radius 2 is 1.65 bits per heavy atom. The molecule has 0 amide bonds. The summed E-state index contributed by atoms with van der Waals surface area (Å²) in [4.78, 5) is 30.6. The second-order valence-electron chi connectivity index (χ2n) is 3.75. The quantitative estimate of drug-likeness (QED) is 0.583. The van der Waals surface area contributed by atoms with Gasteiger partial charge in [0, 0.05) is 11.8 Å². The molecule has 8 heteroatoms. The van der Waals surface area contributed by atoms with Gasteiger partial charge in [0.05, 0.1) is 26.2 Å². The molecule has 0 bridgehead atoms. The molecule has 2 aliphatic heterocycles. The maximum atomic E-state index is 11.6. The van der Waals surface area contributed by atoms with Crippen molar-refractivity contribution >= 4 is 57.2 Å². The minimum absolute atomic E-state index is 0. The van der Waals surface area contributed by atoms with Gasteiger partial charge in [-0.05, 0) is 12.1 Å². The second-order valence-corrected chi connectivity index (χ2v) is 4.56. The summed E-state index contributed by atoms with van der Waals surface area (Å²) in [7, 11) is 0. The van der Waals surface area contributed by atoms with E-state index >= 15 is 0 Å². The number of rotatable bonds is 1. The summed E-state index contributed by atoms with van der Waals surface area (Å²) >= 11 is 11.7. The molecule has 0 unspecified atom stereocenters. The molecule has 2 aliphatic rings. The van der Waals surface area contributed by atoms with Crippen LogP contribution in [0.15, 0.2) is 34.0 Å². The lowest BCUT2D eigenvalue weighted by Crippen LogP contribution is -2.02. The van der Waals surface area contributed by atoms with Gasteiger partial charge in [-0.2, -0.15) is 0 Å². The van der Waals surface area contributed by atoms with Crippen molar-refractivity contribution in [2.45, 2.75) is 0 Å². The fourth-order valence-electron chi connectivity index (χ4n) is 1.83. The first-order chi connectivity index (χ1) is 8.58. The Labute approximate surface area is 143 Å². The zero-order valence-electron chi connectivity index (χ0n) is 9.59. The van der Waals surface area contributed by atoms with Gasteiger partial charge in [-0.1, -0.05) is 29.3 Å². The van der Waals surface area contributed by atoms with Gasteiger partial charge in [0.15, 0.2) is 0 Å². The molecule has 104 valence electrons. The van der Waals surface area contributed by atoms with E-state index in [-0.39, 0.29) is 44.4 Å². The lowest BCUT2D eigenvalue weighted by atomic mass is 10.1. The number of hydrogen-bond donors (Lipinski definition) is 0. The molecule has 0 radical (unpaired) electrons. The number of aromatic nitrogens is 2. The fraction of sp³-hybridized carbons (Fsp3) is 0. The van der Waals surface area contributed by atoms with Gasteiger partial charge in [0.25, 0.3) is 11.1 Å². The predicted octanol–water partition coefficient (Wildman–Crippen LogP) is 2.93. The van der Waals surface area contributed by atoms with Gasteiger partial charge < -0.3 is 0 Å². The summed E-state index contributed by atoms with van der Waals surface area (Å²) < 4.78 is 0. The molecule has 0 atom stereocenters. The average molecular weight is 441 g/mol. The van der Waals surface area contributed by atoms with Crippen molar-refractivity contribution in [3.63, 3.8) is 0 Å². The summed E-state index contributed by atoms with van der Waals surface area (Å²) in [5, 5.41) is 1.21. The van der Waals surface area contributed by atoms with Crippen LogP contribution in [0.1, 0.15) is 0 Å². The zero-order chi connectivity index (χ0) is 12.9. The van der Waals surface area contributed by atoms with Crippen molar-refractivity contribution in [2.24, 2.45) is 0 Å². The van der Waals surface area contributed by atoms with Gasteiger partial charge in [0.2, 0.25) is 0 Å². The lowest BCUT2D eigenvalue weighted by molar-refractivity contribution is 1.23. The third-order valence-electron chi connectivity index (χ3n) is 2.67. The van der Waals surface area contributed by atoms with E-state index in [0.29, 0.717) is 21.3 Å². The van der Waals surface area contributed by atoms with E-state index in [1.807, 2.05) is 0 Å². The van der Waals surface area contributed by atoms with Crippen LogP contribution in [0.4, 0.5) is 0 Å². The van der Waals surface area contributed by atoms with Crippen molar-refractivity contribution in [1.82, 2.24) is 9.97 Å². The Morgan fingerprint density at radius 3 is 2.30 bits per heavy atom. The predicted molar refractivity (Wildman–Crippen MR) is 88.3 cm³/mol. The van der Waals surface area contributed by atoms with Crippen molar-refractivity contribution in [1.29, 1.82) is 0 Å². The maximum Gasteiger partial charge on any atom is 0.280 e. The molecular weight excluding hydrogens is 435 g/mol. The number of halogens is 4. The third-order valence-corrected chi connectivity index (χ3v) is 3.41. The fourth-order valence-corrected chi connectivity index (χ4v) is 2.13. The highest BCUT2D eigenvalue weighted by molar-refractivity contribution is 8.93. The largest absolute Gasteiger partial charge is 0.280 e. The average Bonchev–Trinajstić information content (AvgIpc) is 2.86. The van der Waals surface area contributed by atoms with E-state index in [0.717, 1.165) is 0 Å². The monoisotopic (exact) mass is 438 g/mol. The van der Waals surface area contributed by atoms with Crippen molar-refractivity contribution < 1.29 is 0 Å². The van der Waals surface area contributed by atoms with Crippen LogP contribution in [0, 0.1) is 10.4 Å². The minimum Gasteiger partial charge on any atom is -0.267 e. The summed E-state index contributed by atoms with van der Waals surface area (Å²) in [6.07, 6.45) is 1.24. The third kappa shape index (κ3) is 2.65. The van der Waals surface area contributed by atoms with Gasteiger partial charge in [-0.15, -0.1) is 34.0 Å². The van der Waals surface area contributed by atoms with Crippen LogP contribution in [0.5, 0.6) is 0 Å². The molecule has 2 heterocycles. The van der Waals surface area contributed by atoms with E-state index in [2.05, 4.69) is 9.97 Å². The highest BCUT2D eigenvalue weighted by atomic mass is 79.9. The highest BCUT2D eigenvalue weighted by Gasteiger charge is 2.14. The van der Waals surface area contributed by atoms with E-state index in [1.54, 1.807) is 18.2 Å². The summed E-state index contributed by atoms with van der Waals surface area (Å²) in [6.45, 7) is 0. The summed E-state index contributed by atoms with van der Waals surface area (Å²) in [5.41, 5.74) is -0.0426. The molecular formula is C12H6Br2Cl2N2O2. The van der Waals surface area contributed by atoms with Crippen LogP contribution in [0.3, 0.4) is 0 Å². The molecule has 3 rings (SSSR count). The standard InChI is InChI=1S/C12H4Cl2N2O2.2BrH/c13-7-2-1-5(3-8(7)14)10-9-6(11(17)16-10)4-15-12(9)18;;/h1-4H;2*1H. The number of benzene rings is 1. The Bertz CT molecular complexity index is 905. The normalized spacial score (nSPS) is 10.1. The molecule has 0 saturated heterocycles. The summed E-state index contributed by atoms with van der Waals surface area (Å²) in [5.74, 6) is 0. The first kappa shape index (κ1) is 17.2. The molecule has 1 aromatic rings. The Morgan fingerprint density at radius 1 is 0.950 bits per heavy atom. The van der Waals surface area contributed by atoms with Crippen molar-refractivity contribution in [3.8, 4) is 11.3 Å². The first-order valence-electron chi connectivity index (χ1n) is 4.99. The van der Waals surface area contributed by atoms with Crippen LogP contribution < -0.4 is 11.1 Å². The Kier molecular flexibility index (Phi) is 5.43. The summed E-state index contributed by atoms with van der Waals surface area (Å²) in [6, 6.07) is 4.81. The zero-order valence-corrected chi connectivity index (χ0v) is 14.5. The molecule has 0 saturated carbocycles. The maximum absolute atomic E-state index is 11.6. The molecule has 1 aromatic carbocycles. The van der Waals surface area contributed by atoms with Crippen LogP contribution in [0.25, 0.3) is 11.3 Å². The topological polar surface area (TPSA) is 59.9 Å². The van der Waals surface area contributed by atoms with Crippen LogP contribution in [-0.2, 0) is 0 Å². The van der Waals surface area contributed by atoms with Crippen LogP contribution >= 0.6 is 57.2 Å². The number of nitrogens with zero attached hydrogens (tertiary/aromatic N) is 2. The molecule has 0 spiro atoms. The van der Waals surface area contributed by atoms with Crippen molar-refractivity contribution in [3.05, 3.63) is 65.6 Å². The second kappa shape index (κ2) is 6.30. The van der Waals surface area contributed by atoms with E-state index in [9.17, 15) is 9.59 Å². The smallest absolute Gasteiger partial charge is 0.267 e. The Balaban J connectivity index is 0.000001000. The van der Waals surface area contributed by atoms with E-state index in [1.165, 1.54) is 6.20 Å². The van der Waals surface area contributed by atoms with Gasteiger partial charge in [-0.3, -0.25) is 9.59 Å². The number of hydrogen-bond acceptors (Lipinski definition) is 4. The van der Waals surface area contributed by atoms with Crippen LogP contribution in [0.2, 0.25) is 10.0 Å². The van der Waals surface area contributed by atoms with E-state index < -0.39 is 11.1 Å². The molecule has 0 fully saturated rings. The minimum atomic E-state index is -0.458. The van der Waals surface area contributed by atoms with Gasteiger partial charge >= 0.3 is 0 Å². The van der Waals surface area contributed by atoms with Gasteiger partial charge in [-0.25, -0.2) is 9.97 Å². The molecule has 0 aliphatic carbocycles. The molecule has 0 N–H and O–H groups in total. The highest BCUT2D eigenvalue weighted by Crippen LogP contribution is 2.27. The van der Waals surface area contributed by atoms with Gasteiger partial charge in [0.1, 0.15) is 0 Å². The lowest BCUT2D eigenvalue weighted by Gasteiger charge is -1.99. The molecule has 20 heavy (non-hydrogen) atoms. The SMILES string of the molecule is Br.Br.O=c1nc(-c2ccc(Cl)c(Cl)c2)c2c(=O)ncc1=2. The first-order valence-corrected chi connectivity index (χ1v) is 5.75. The Hall–Kier alpha value is -0.820. The van der Waals surface area contributed by atoms with Crippen molar-refractivity contribution in [2.75, 3.05) is 0 Å². The van der Waals surface area contributed by atoms with E-state index in [4.69, 9.17) is 23.2 Å².